The molecule has 0 radical (unpaired) electrons. The highest BCUT2D eigenvalue weighted by atomic mass is 16.1. The van der Waals surface area contributed by atoms with E-state index in [1.165, 1.54) is 22.3 Å². The van der Waals surface area contributed by atoms with Gasteiger partial charge in [-0.3, -0.25) is 9.59 Å². The molecule has 0 spiro atoms. The monoisotopic (exact) mass is 766 g/mol. The summed E-state index contributed by atoms with van der Waals surface area (Å²) in [5.74, 6) is -0.312. The van der Waals surface area contributed by atoms with Gasteiger partial charge in [-0.2, -0.15) is 0 Å². The van der Waals surface area contributed by atoms with Gasteiger partial charge < -0.3 is 9.80 Å². The van der Waals surface area contributed by atoms with Gasteiger partial charge in [0.15, 0.2) is 12.1 Å². The number of carbonyl (C=O) groups is 2. The number of Topliss-reactive ketones (excluding diaryl/α,β-unsaturated/α-hetero) is 1. The average molecular weight is 767 g/mol. The van der Waals surface area contributed by atoms with Crippen molar-refractivity contribution >= 4 is 62.5 Å². The van der Waals surface area contributed by atoms with Crippen molar-refractivity contribution in [1.29, 1.82) is 0 Å². The molecule has 0 heterocycles. The van der Waals surface area contributed by atoms with E-state index in [1.54, 1.807) is 0 Å². The molecule has 8 rings (SSSR count). The smallest absolute Gasteiger partial charge is 0.197 e. The van der Waals surface area contributed by atoms with Crippen LogP contribution in [0.3, 0.4) is 0 Å². The van der Waals surface area contributed by atoms with Crippen molar-refractivity contribution in [2.45, 2.75) is 34.6 Å². The number of hydrogen-bond donors (Lipinski definition) is 0. The van der Waals surface area contributed by atoms with Crippen molar-refractivity contribution in [3.05, 3.63) is 232 Å². The maximum atomic E-state index is 14.7. The summed E-state index contributed by atoms with van der Waals surface area (Å²) in [6.45, 7) is 10.3. The van der Waals surface area contributed by atoms with Crippen LogP contribution in [-0.4, -0.2) is 12.1 Å². The highest BCUT2D eigenvalue weighted by Crippen LogP contribution is 2.39. The van der Waals surface area contributed by atoms with E-state index in [2.05, 4.69) is 159 Å². The number of carbonyl (C=O) groups excluding carboxylic acids is 2. The first-order chi connectivity index (χ1) is 28.7. The molecule has 8 aromatic carbocycles. The Labute approximate surface area is 347 Å². The molecule has 288 valence electrons. The standard InChI is InChI=1S/C55H46N2O2/c1-37-10-22-46(23-11-37)56(47-24-12-38(2)13-25-47)50-30-18-42(19-31-50)54(53(36-58)55(59)52-35-45-9-7-6-8-44(45)34-41(52)5)43-20-32-51(33-21-43)57(48-26-14-39(3)15-27-48)49-28-16-40(4)17-29-49/h6-36H,1-5H3. The lowest BCUT2D eigenvalue weighted by Crippen LogP contribution is -2.12. The molecule has 0 aliphatic carbocycles. The quantitative estimate of drug-likeness (QED) is 0.0432. The van der Waals surface area contributed by atoms with Gasteiger partial charge >= 0.3 is 0 Å². The third kappa shape index (κ3) is 8.12. The fourth-order valence-corrected chi connectivity index (χ4v) is 7.67. The molecule has 4 heteroatoms. The Morgan fingerprint density at radius 2 is 0.712 bits per heavy atom. The predicted octanol–water partition coefficient (Wildman–Crippen LogP) is 14.2. The van der Waals surface area contributed by atoms with Crippen LogP contribution in [0.1, 0.15) is 49.3 Å². The van der Waals surface area contributed by atoms with Gasteiger partial charge in [0.1, 0.15) is 0 Å². The average Bonchev–Trinajstić information content (AvgIpc) is 3.26. The summed E-state index contributed by atoms with van der Waals surface area (Å²) in [6, 6.07) is 62.2. The molecule has 0 N–H and O–H groups in total. The van der Waals surface area contributed by atoms with Crippen LogP contribution in [0, 0.1) is 34.6 Å². The van der Waals surface area contributed by atoms with Gasteiger partial charge in [-0.1, -0.05) is 125 Å². The Morgan fingerprint density at radius 3 is 1.03 bits per heavy atom. The number of aldehydes is 1. The Morgan fingerprint density at radius 1 is 0.407 bits per heavy atom. The van der Waals surface area contributed by atoms with Crippen molar-refractivity contribution in [1.82, 2.24) is 0 Å². The van der Waals surface area contributed by atoms with Gasteiger partial charge in [-0.15, -0.1) is 0 Å². The highest BCUT2D eigenvalue weighted by molar-refractivity contribution is 6.27. The summed E-state index contributed by atoms with van der Waals surface area (Å²) in [4.78, 5) is 32.5. The van der Waals surface area contributed by atoms with Crippen molar-refractivity contribution in [2.24, 2.45) is 0 Å². The van der Waals surface area contributed by atoms with E-state index in [-0.39, 0.29) is 11.4 Å². The molecule has 8 aromatic rings. The molecule has 4 nitrogen and oxygen atoms in total. The molecule has 0 saturated carbocycles. The van der Waals surface area contributed by atoms with Gasteiger partial charge in [0, 0.05) is 45.3 Å². The maximum Gasteiger partial charge on any atom is 0.197 e. The minimum absolute atomic E-state index is 0.103. The Kier molecular flexibility index (Phi) is 10.9. The van der Waals surface area contributed by atoms with Crippen LogP contribution in [0.2, 0.25) is 0 Å². The normalized spacial score (nSPS) is 10.9. The topological polar surface area (TPSA) is 40.6 Å². The number of nitrogens with zero attached hydrogens (tertiary/aromatic N) is 2. The predicted molar refractivity (Wildman–Crippen MR) is 246 cm³/mol. The van der Waals surface area contributed by atoms with E-state index in [4.69, 9.17) is 0 Å². The maximum absolute atomic E-state index is 14.7. The summed E-state index contributed by atoms with van der Waals surface area (Å²) in [7, 11) is 0. The van der Waals surface area contributed by atoms with Gasteiger partial charge in [0.25, 0.3) is 0 Å². The Hall–Kier alpha value is -7.30. The molecule has 0 aromatic heterocycles. The van der Waals surface area contributed by atoms with Crippen LogP contribution in [0.15, 0.2) is 188 Å². The number of rotatable bonds is 11. The number of benzene rings is 8. The van der Waals surface area contributed by atoms with Crippen LogP contribution in [0.4, 0.5) is 34.1 Å². The minimum atomic E-state index is -0.312. The first-order valence-corrected chi connectivity index (χ1v) is 20.0. The van der Waals surface area contributed by atoms with Gasteiger partial charge in [-0.05, 0) is 141 Å². The molecule has 0 unspecified atom stereocenters. The van der Waals surface area contributed by atoms with Gasteiger partial charge in [0.05, 0.1) is 5.57 Å². The SMILES string of the molecule is Cc1ccc(N(c2ccc(C)cc2)c2ccc(C(=C(C=O)C(=O)c3cc4ccccc4cc3C)c3ccc(N(c4ccc(C)cc4)c4ccc(C)cc4)cc3)cc2)cc1. The zero-order chi connectivity index (χ0) is 41.0. The molecule has 0 amide bonds. The Bertz CT molecular complexity index is 2570. The van der Waals surface area contributed by atoms with E-state index in [0.29, 0.717) is 11.1 Å². The fourth-order valence-electron chi connectivity index (χ4n) is 7.67. The lowest BCUT2D eigenvalue weighted by Gasteiger charge is -2.27. The highest BCUT2D eigenvalue weighted by Gasteiger charge is 2.23. The first kappa shape index (κ1) is 38.6. The molecule has 0 atom stereocenters. The lowest BCUT2D eigenvalue weighted by atomic mass is 9.87. The number of allylic oxidation sites excluding steroid dienone is 1. The number of hydrogen-bond acceptors (Lipinski definition) is 4. The molecule has 0 fully saturated rings. The van der Waals surface area contributed by atoms with Crippen LogP contribution in [-0.2, 0) is 4.79 Å². The second-order valence-electron chi connectivity index (χ2n) is 15.4. The lowest BCUT2D eigenvalue weighted by molar-refractivity contribution is -0.104. The van der Waals surface area contributed by atoms with Crippen LogP contribution < -0.4 is 9.80 Å². The fraction of sp³-hybridized carbons (Fsp3) is 0.0909. The molecule has 0 bridgehead atoms. The zero-order valence-electron chi connectivity index (χ0n) is 34.1. The number of ketones is 1. The summed E-state index contributed by atoms with van der Waals surface area (Å²) in [6.07, 6.45) is 0.726. The molecule has 0 saturated heterocycles. The molecular weight excluding hydrogens is 721 g/mol. The second-order valence-corrected chi connectivity index (χ2v) is 15.4. The van der Waals surface area contributed by atoms with Crippen molar-refractivity contribution in [3.63, 3.8) is 0 Å². The van der Waals surface area contributed by atoms with Gasteiger partial charge in [-0.25, -0.2) is 0 Å². The summed E-state index contributed by atoms with van der Waals surface area (Å²) in [5.41, 5.74) is 14.3. The molecule has 0 aliphatic rings. The number of fused-ring (bicyclic) bond motifs is 1. The van der Waals surface area contributed by atoms with Crippen molar-refractivity contribution in [3.8, 4) is 0 Å². The van der Waals surface area contributed by atoms with Crippen LogP contribution in [0.5, 0.6) is 0 Å². The van der Waals surface area contributed by atoms with Crippen molar-refractivity contribution < 1.29 is 9.59 Å². The molecular formula is C55H46N2O2. The molecule has 0 aliphatic heterocycles. The summed E-state index contributed by atoms with van der Waals surface area (Å²) >= 11 is 0. The summed E-state index contributed by atoms with van der Waals surface area (Å²) < 4.78 is 0. The van der Waals surface area contributed by atoms with Crippen molar-refractivity contribution in [2.75, 3.05) is 9.80 Å². The largest absolute Gasteiger partial charge is 0.311 e. The van der Waals surface area contributed by atoms with Crippen LogP contribution in [0.25, 0.3) is 16.3 Å². The summed E-state index contributed by atoms with van der Waals surface area (Å²) in [5, 5.41) is 1.99. The first-order valence-electron chi connectivity index (χ1n) is 20.0. The zero-order valence-corrected chi connectivity index (χ0v) is 34.1. The minimum Gasteiger partial charge on any atom is -0.311 e. The number of aryl methyl sites for hydroxylation is 5. The van der Waals surface area contributed by atoms with E-state index in [9.17, 15) is 9.59 Å². The third-order valence-corrected chi connectivity index (χ3v) is 11.0. The molecule has 59 heavy (non-hydrogen) atoms. The van der Waals surface area contributed by atoms with E-state index in [1.807, 2.05) is 67.6 Å². The third-order valence-electron chi connectivity index (χ3n) is 11.0. The Balaban J connectivity index is 1.27. The van der Waals surface area contributed by atoms with E-state index in [0.717, 1.165) is 67.9 Å². The van der Waals surface area contributed by atoms with Gasteiger partial charge in [0.2, 0.25) is 0 Å². The number of anilines is 6. The second kappa shape index (κ2) is 16.7. The van der Waals surface area contributed by atoms with Crippen LogP contribution >= 0.6 is 0 Å². The van der Waals surface area contributed by atoms with E-state index < -0.39 is 0 Å². The van der Waals surface area contributed by atoms with E-state index >= 15 is 0 Å².